The first-order valence-corrected chi connectivity index (χ1v) is 7.05. The van der Waals surface area contributed by atoms with Crippen LogP contribution < -0.4 is 5.56 Å². The van der Waals surface area contributed by atoms with Crippen LogP contribution in [0.2, 0.25) is 0 Å². The molecule has 21 heavy (non-hydrogen) atoms. The first kappa shape index (κ1) is 15.4. The average Bonchev–Trinajstić information content (AvgIpc) is 2.40. The highest BCUT2D eigenvalue weighted by molar-refractivity contribution is 5.54. The number of pyridine rings is 1. The second kappa shape index (κ2) is 5.77. The lowest BCUT2D eigenvalue weighted by Crippen LogP contribution is -2.34. The molecule has 0 saturated heterocycles. The summed E-state index contributed by atoms with van der Waals surface area (Å²) in [5.74, 6) is 0.281. The molecule has 0 unspecified atom stereocenters. The van der Waals surface area contributed by atoms with Crippen LogP contribution in [0.3, 0.4) is 0 Å². The maximum atomic E-state index is 12.5. The summed E-state index contributed by atoms with van der Waals surface area (Å²) in [6.45, 7) is 7.75. The maximum absolute atomic E-state index is 12.5. The van der Waals surface area contributed by atoms with Crippen LogP contribution in [0.15, 0.2) is 35.3 Å². The standard InChI is InChI=1S/C16H21N3O2/c1-11(2)10-19-15(20)12(16(3,4)21)9-14(18-19)13-7-5-6-8-17-13/h5-9,11,21H,10H2,1-4H3. The van der Waals surface area contributed by atoms with Gasteiger partial charge in [-0.3, -0.25) is 9.78 Å². The minimum Gasteiger partial charge on any atom is -0.386 e. The van der Waals surface area contributed by atoms with Gasteiger partial charge in [0.15, 0.2) is 0 Å². The van der Waals surface area contributed by atoms with Gasteiger partial charge in [0, 0.05) is 12.7 Å². The fourth-order valence-corrected chi connectivity index (χ4v) is 2.09. The van der Waals surface area contributed by atoms with Crippen molar-refractivity contribution in [2.45, 2.75) is 39.8 Å². The Balaban J connectivity index is 2.65. The molecule has 2 rings (SSSR count). The van der Waals surface area contributed by atoms with Gasteiger partial charge < -0.3 is 5.11 Å². The number of hydrogen-bond acceptors (Lipinski definition) is 4. The first-order chi connectivity index (χ1) is 9.79. The van der Waals surface area contributed by atoms with Crippen molar-refractivity contribution in [1.82, 2.24) is 14.8 Å². The van der Waals surface area contributed by atoms with Crippen LogP contribution in [0.25, 0.3) is 11.4 Å². The summed E-state index contributed by atoms with van der Waals surface area (Å²) < 4.78 is 1.42. The van der Waals surface area contributed by atoms with Crippen molar-refractivity contribution in [2.24, 2.45) is 5.92 Å². The summed E-state index contributed by atoms with van der Waals surface area (Å²) in [5.41, 5.74) is 0.130. The number of nitrogens with zero attached hydrogens (tertiary/aromatic N) is 3. The van der Waals surface area contributed by atoms with E-state index in [1.165, 1.54) is 4.68 Å². The predicted octanol–water partition coefficient (Wildman–Crippen LogP) is 2.19. The topological polar surface area (TPSA) is 68.0 Å². The van der Waals surface area contributed by atoms with Gasteiger partial charge in [-0.15, -0.1) is 0 Å². The Kier molecular flexibility index (Phi) is 4.23. The van der Waals surface area contributed by atoms with Crippen molar-refractivity contribution in [1.29, 1.82) is 0 Å². The minimum absolute atomic E-state index is 0.254. The molecule has 0 spiro atoms. The minimum atomic E-state index is -1.22. The molecule has 0 atom stereocenters. The molecule has 0 saturated carbocycles. The smallest absolute Gasteiger partial charge is 0.272 e. The number of rotatable bonds is 4. The molecule has 0 aliphatic heterocycles. The Morgan fingerprint density at radius 2 is 2.00 bits per heavy atom. The highest BCUT2D eigenvalue weighted by Gasteiger charge is 2.23. The second-order valence-electron chi connectivity index (χ2n) is 6.10. The lowest BCUT2D eigenvalue weighted by molar-refractivity contribution is 0.0760. The molecule has 0 bridgehead atoms. The van der Waals surface area contributed by atoms with Gasteiger partial charge in [-0.25, -0.2) is 4.68 Å². The van der Waals surface area contributed by atoms with E-state index in [4.69, 9.17) is 0 Å². The molecular weight excluding hydrogens is 266 g/mol. The van der Waals surface area contributed by atoms with Crippen LogP contribution >= 0.6 is 0 Å². The molecule has 0 aromatic carbocycles. The van der Waals surface area contributed by atoms with Gasteiger partial charge in [-0.1, -0.05) is 19.9 Å². The van der Waals surface area contributed by atoms with Gasteiger partial charge in [0.25, 0.3) is 5.56 Å². The lowest BCUT2D eigenvalue weighted by atomic mass is 9.99. The van der Waals surface area contributed by atoms with Crippen molar-refractivity contribution < 1.29 is 5.11 Å². The van der Waals surface area contributed by atoms with Gasteiger partial charge in [-0.05, 0) is 38.0 Å². The molecule has 5 nitrogen and oxygen atoms in total. The zero-order valence-corrected chi connectivity index (χ0v) is 12.9. The molecule has 5 heteroatoms. The SMILES string of the molecule is CC(C)Cn1nc(-c2ccccn2)cc(C(C)(C)O)c1=O. The van der Waals surface area contributed by atoms with E-state index in [-0.39, 0.29) is 11.5 Å². The van der Waals surface area contributed by atoms with E-state index < -0.39 is 5.60 Å². The third-order valence-corrected chi connectivity index (χ3v) is 3.10. The average molecular weight is 287 g/mol. The first-order valence-electron chi connectivity index (χ1n) is 7.05. The third-order valence-electron chi connectivity index (χ3n) is 3.10. The van der Waals surface area contributed by atoms with Crippen LogP contribution in [-0.2, 0) is 12.1 Å². The van der Waals surface area contributed by atoms with E-state index in [2.05, 4.69) is 10.1 Å². The van der Waals surface area contributed by atoms with E-state index in [1.807, 2.05) is 32.0 Å². The number of hydrogen-bond donors (Lipinski definition) is 1. The summed E-state index contributed by atoms with van der Waals surface area (Å²) in [4.78, 5) is 16.7. The fraction of sp³-hybridized carbons (Fsp3) is 0.438. The Morgan fingerprint density at radius 3 is 2.52 bits per heavy atom. The third kappa shape index (κ3) is 3.55. The molecule has 2 heterocycles. The van der Waals surface area contributed by atoms with Crippen molar-refractivity contribution in [3.63, 3.8) is 0 Å². The lowest BCUT2D eigenvalue weighted by Gasteiger charge is -2.19. The van der Waals surface area contributed by atoms with Gasteiger partial charge in [-0.2, -0.15) is 5.10 Å². The van der Waals surface area contributed by atoms with Gasteiger partial charge in [0.1, 0.15) is 5.69 Å². The molecule has 1 N–H and O–H groups in total. The molecule has 0 aliphatic rings. The number of aromatic nitrogens is 3. The summed E-state index contributed by atoms with van der Waals surface area (Å²) in [7, 11) is 0. The molecule has 0 aliphatic carbocycles. The van der Waals surface area contributed by atoms with E-state index in [0.717, 1.165) is 0 Å². The van der Waals surface area contributed by atoms with Crippen molar-refractivity contribution >= 4 is 0 Å². The van der Waals surface area contributed by atoms with Crippen molar-refractivity contribution in [2.75, 3.05) is 0 Å². The van der Waals surface area contributed by atoms with Crippen LogP contribution in [0.5, 0.6) is 0 Å². The normalized spacial score (nSPS) is 11.9. The monoisotopic (exact) mass is 287 g/mol. The van der Waals surface area contributed by atoms with E-state index in [0.29, 0.717) is 23.5 Å². The Hall–Kier alpha value is -2.01. The molecule has 0 amide bonds. The van der Waals surface area contributed by atoms with E-state index >= 15 is 0 Å². The van der Waals surface area contributed by atoms with Gasteiger partial charge in [0.05, 0.1) is 16.9 Å². The second-order valence-corrected chi connectivity index (χ2v) is 6.10. The summed E-state index contributed by atoms with van der Waals surface area (Å²) >= 11 is 0. The van der Waals surface area contributed by atoms with Crippen LogP contribution in [0, 0.1) is 5.92 Å². The quantitative estimate of drug-likeness (QED) is 0.936. The highest BCUT2D eigenvalue weighted by Crippen LogP contribution is 2.20. The Labute approximate surface area is 124 Å². The summed E-state index contributed by atoms with van der Waals surface area (Å²) in [6.07, 6.45) is 1.68. The van der Waals surface area contributed by atoms with Gasteiger partial charge in [0.2, 0.25) is 0 Å². The molecule has 112 valence electrons. The molecule has 0 fully saturated rings. The summed E-state index contributed by atoms with van der Waals surface area (Å²) in [5, 5.41) is 14.6. The van der Waals surface area contributed by atoms with Crippen LogP contribution in [0.1, 0.15) is 33.3 Å². The van der Waals surface area contributed by atoms with E-state index in [1.54, 1.807) is 26.1 Å². The largest absolute Gasteiger partial charge is 0.386 e. The maximum Gasteiger partial charge on any atom is 0.272 e. The van der Waals surface area contributed by atoms with Gasteiger partial charge >= 0.3 is 0 Å². The molecule has 0 radical (unpaired) electrons. The number of aliphatic hydroxyl groups is 1. The highest BCUT2D eigenvalue weighted by atomic mass is 16.3. The molecule has 2 aromatic rings. The summed E-state index contributed by atoms with van der Waals surface area (Å²) in [6, 6.07) is 7.15. The predicted molar refractivity (Wildman–Crippen MR) is 81.8 cm³/mol. The van der Waals surface area contributed by atoms with Crippen LogP contribution in [0.4, 0.5) is 0 Å². The molecule has 2 aromatic heterocycles. The zero-order valence-electron chi connectivity index (χ0n) is 12.9. The Morgan fingerprint density at radius 1 is 1.29 bits per heavy atom. The molecular formula is C16H21N3O2. The van der Waals surface area contributed by atoms with E-state index in [9.17, 15) is 9.90 Å². The van der Waals surface area contributed by atoms with Crippen molar-refractivity contribution in [3.05, 3.63) is 46.4 Å². The van der Waals surface area contributed by atoms with Crippen molar-refractivity contribution in [3.8, 4) is 11.4 Å². The Bertz CT molecular complexity index is 670. The van der Waals surface area contributed by atoms with Crippen LogP contribution in [-0.4, -0.2) is 19.9 Å². The zero-order chi connectivity index (χ0) is 15.6. The fourth-order valence-electron chi connectivity index (χ4n) is 2.09.